The highest BCUT2D eigenvalue weighted by Crippen LogP contribution is 2.51. The third kappa shape index (κ3) is 6.95. The summed E-state index contributed by atoms with van der Waals surface area (Å²) in [5.41, 5.74) is 7.85. The lowest BCUT2D eigenvalue weighted by Gasteiger charge is -2.30. The van der Waals surface area contributed by atoms with E-state index in [4.69, 9.17) is 31.5 Å². The number of nitrogen functional groups attached to an aromatic ring is 1. The van der Waals surface area contributed by atoms with E-state index in [1.807, 2.05) is 51.4 Å². The molecule has 40 heavy (non-hydrogen) atoms. The second kappa shape index (κ2) is 12.0. The summed E-state index contributed by atoms with van der Waals surface area (Å²) in [5.74, 6) is -2.19. The van der Waals surface area contributed by atoms with Gasteiger partial charge < -0.3 is 24.6 Å². The van der Waals surface area contributed by atoms with Crippen LogP contribution in [-0.4, -0.2) is 64.2 Å². The van der Waals surface area contributed by atoms with E-state index in [9.17, 15) is 4.79 Å². The van der Waals surface area contributed by atoms with Crippen LogP contribution in [0, 0.1) is 5.92 Å². The quantitative estimate of drug-likeness (QED) is 0.246. The van der Waals surface area contributed by atoms with Gasteiger partial charge in [-0.3, -0.25) is 14.4 Å². The summed E-state index contributed by atoms with van der Waals surface area (Å²) < 4.78 is 35.4. The van der Waals surface area contributed by atoms with E-state index in [0.717, 1.165) is 5.56 Å². The SMILES string of the molecule is CC(C)OC(=O)[C@H](C)NP(=S)(Cc1ccccc1)OC[C@]1(F)C[C@H](C)[C@H](n2cnc3c(N(C)C)nc(N)nc32)O1. The number of carbonyl (C=O) groups is 1. The smallest absolute Gasteiger partial charge is 0.323 e. The van der Waals surface area contributed by atoms with Gasteiger partial charge in [0.15, 0.2) is 17.0 Å². The molecule has 4 rings (SSSR count). The highest BCUT2D eigenvalue weighted by Gasteiger charge is 2.48. The topological polar surface area (TPSA) is 130 Å². The number of halogens is 1. The zero-order valence-corrected chi connectivity index (χ0v) is 25.3. The molecule has 1 saturated heterocycles. The van der Waals surface area contributed by atoms with Gasteiger partial charge in [0.25, 0.3) is 0 Å². The molecule has 5 atom stereocenters. The van der Waals surface area contributed by atoms with Crippen molar-refractivity contribution in [3.63, 3.8) is 0 Å². The lowest BCUT2D eigenvalue weighted by Crippen LogP contribution is -2.37. The average molecular weight is 594 g/mol. The molecule has 0 aliphatic carbocycles. The van der Waals surface area contributed by atoms with Crippen molar-refractivity contribution in [1.82, 2.24) is 24.6 Å². The lowest BCUT2D eigenvalue weighted by molar-refractivity contribution is -0.172. The Morgan fingerprint density at radius 2 is 2.02 bits per heavy atom. The molecule has 0 amide bonds. The molecule has 218 valence electrons. The standard InChI is InChI=1S/C26H37FN7O4PS/c1-16(2)37-24(35)18(4)32-39(40,13-19-10-8-7-9-11-19)36-14-26(27)12-17(3)23(38-26)34-15-29-20-21(33(5)6)30-25(28)31-22(20)34/h7-11,15-18,23H,12-14H2,1-6H3,(H,32,40)(H2,28,30,31)/t17-,18-,23+,26-,39?/m0/s1. The van der Waals surface area contributed by atoms with Crippen LogP contribution in [0.1, 0.15) is 45.9 Å². The Morgan fingerprint density at radius 3 is 2.67 bits per heavy atom. The number of alkyl halides is 1. The fraction of sp³-hybridized carbons (Fsp3) is 0.538. The van der Waals surface area contributed by atoms with E-state index in [1.165, 1.54) is 0 Å². The van der Waals surface area contributed by atoms with Gasteiger partial charge >= 0.3 is 5.97 Å². The number of nitrogens with one attached hydrogen (secondary N) is 1. The number of fused-ring (bicyclic) bond motifs is 1. The maximum Gasteiger partial charge on any atom is 0.323 e. The molecular weight excluding hydrogens is 556 g/mol. The van der Waals surface area contributed by atoms with Gasteiger partial charge in [0.05, 0.1) is 12.4 Å². The van der Waals surface area contributed by atoms with Crippen LogP contribution in [0.15, 0.2) is 36.7 Å². The van der Waals surface area contributed by atoms with Crippen molar-refractivity contribution in [2.45, 2.75) is 64.5 Å². The molecule has 11 nitrogen and oxygen atoms in total. The molecular formula is C26H37FN7O4PS. The highest BCUT2D eigenvalue weighted by atomic mass is 32.4. The van der Waals surface area contributed by atoms with E-state index in [1.54, 1.807) is 36.6 Å². The first-order chi connectivity index (χ1) is 18.8. The molecule has 0 saturated carbocycles. The van der Waals surface area contributed by atoms with E-state index in [-0.39, 0.29) is 24.4 Å². The number of nitrogens with two attached hydrogens (primary N) is 1. The van der Waals surface area contributed by atoms with Crippen LogP contribution >= 0.6 is 6.42 Å². The van der Waals surface area contributed by atoms with E-state index in [2.05, 4.69) is 20.0 Å². The number of rotatable bonds is 11. The van der Waals surface area contributed by atoms with Crippen LogP contribution < -0.4 is 15.7 Å². The van der Waals surface area contributed by atoms with Crippen molar-refractivity contribution >= 4 is 47.1 Å². The third-order valence-corrected chi connectivity index (χ3v) is 9.51. The van der Waals surface area contributed by atoms with E-state index < -0.39 is 37.1 Å². The summed E-state index contributed by atoms with van der Waals surface area (Å²) in [6.07, 6.45) is -2.01. The molecule has 14 heteroatoms. The lowest BCUT2D eigenvalue weighted by atomic mass is 10.1. The Hall–Kier alpha value is -2.70. The third-order valence-electron chi connectivity index (χ3n) is 6.38. The first kappa shape index (κ1) is 30.3. The fourth-order valence-corrected chi connectivity index (χ4v) is 7.76. The van der Waals surface area contributed by atoms with Crippen molar-refractivity contribution < 1.29 is 23.2 Å². The summed E-state index contributed by atoms with van der Waals surface area (Å²) in [7, 11) is 3.66. The van der Waals surface area contributed by atoms with Crippen LogP contribution in [0.4, 0.5) is 16.2 Å². The van der Waals surface area contributed by atoms with Gasteiger partial charge in [-0.25, -0.2) is 9.37 Å². The number of benzene rings is 1. The Balaban J connectivity index is 1.54. The number of anilines is 2. The Kier molecular flexibility index (Phi) is 9.11. The van der Waals surface area contributed by atoms with Crippen LogP contribution in [-0.2, 0) is 36.8 Å². The first-order valence-corrected chi connectivity index (χ1v) is 16.0. The molecule has 0 bridgehead atoms. The Morgan fingerprint density at radius 1 is 1.32 bits per heavy atom. The van der Waals surface area contributed by atoms with Gasteiger partial charge in [-0.1, -0.05) is 37.3 Å². The second-order valence-electron chi connectivity index (χ2n) is 10.6. The van der Waals surface area contributed by atoms with Crippen LogP contribution in [0.3, 0.4) is 0 Å². The summed E-state index contributed by atoms with van der Waals surface area (Å²) in [4.78, 5) is 27.4. The minimum Gasteiger partial charge on any atom is -0.462 e. The predicted octanol–water partition coefficient (Wildman–Crippen LogP) is 4.15. The summed E-state index contributed by atoms with van der Waals surface area (Å²) in [6.45, 7) is 6.68. The average Bonchev–Trinajstić information content (AvgIpc) is 3.42. The Bertz CT molecular complexity index is 1390. The van der Waals surface area contributed by atoms with Gasteiger partial charge in [0, 0.05) is 32.6 Å². The molecule has 0 radical (unpaired) electrons. The number of imidazole rings is 1. The van der Waals surface area contributed by atoms with Crippen molar-refractivity contribution in [1.29, 1.82) is 0 Å². The van der Waals surface area contributed by atoms with E-state index >= 15 is 4.39 Å². The summed E-state index contributed by atoms with van der Waals surface area (Å²) in [6, 6.07) is 8.77. The van der Waals surface area contributed by atoms with Crippen molar-refractivity contribution in [2.75, 3.05) is 31.3 Å². The van der Waals surface area contributed by atoms with Crippen LogP contribution in [0.2, 0.25) is 0 Å². The largest absolute Gasteiger partial charge is 0.462 e. The summed E-state index contributed by atoms with van der Waals surface area (Å²) >= 11 is 5.93. The number of hydrogen-bond donors (Lipinski definition) is 2. The molecule has 3 heterocycles. The molecule has 1 unspecified atom stereocenters. The molecule has 3 aromatic rings. The molecule has 1 aromatic carbocycles. The highest BCUT2D eigenvalue weighted by molar-refractivity contribution is 8.10. The van der Waals surface area contributed by atoms with E-state index in [0.29, 0.717) is 23.1 Å². The number of esters is 1. The molecule has 1 aliphatic heterocycles. The predicted molar refractivity (Wildman–Crippen MR) is 156 cm³/mol. The fourth-order valence-electron chi connectivity index (χ4n) is 4.64. The first-order valence-electron chi connectivity index (χ1n) is 13.1. The number of hydrogen-bond acceptors (Lipinski definition) is 10. The van der Waals surface area contributed by atoms with Gasteiger partial charge in [-0.2, -0.15) is 9.97 Å². The van der Waals surface area contributed by atoms with Gasteiger partial charge in [0.1, 0.15) is 25.3 Å². The number of nitrogens with zero attached hydrogens (tertiary/aromatic N) is 5. The minimum atomic E-state index is -2.95. The minimum absolute atomic E-state index is 0.0596. The molecule has 2 aromatic heterocycles. The number of aromatic nitrogens is 4. The molecule has 3 N–H and O–H groups in total. The number of carbonyl (C=O) groups excluding carboxylic acids is 1. The maximum atomic E-state index is 16.2. The number of ether oxygens (including phenoxy) is 2. The normalized spacial score (nSPS) is 23.3. The van der Waals surface area contributed by atoms with Crippen molar-refractivity contribution in [2.24, 2.45) is 5.92 Å². The zero-order chi connectivity index (χ0) is 29.2. The zero-order valence-electron chi connectivity index (χ0n) is 23.6. The van der Waals surface area contributed by atoms with Crippen molar-refractivity contribution in [3.8, 4) is 0 Å². The van der Waals surface area contributed by atoms with Gasteiger partial charge in [-0.15, -0.1) is 0 Å². The molecule has 0 spiro atoms. The van der Waals surface area contributed by atoms with Gasteiger partial charge in [0.2, 0.25) is 11.8 Å². The van der Waals surface area contributed by atoms with Crippen molar-refractivity contribution in [3.05, 3.63) is 42.2 Å². The maximum absolute atomic E-state index is 16.2. The van der Waals surface area contributed by atoms with Gasteiger partial charge in [-0.05, 0) is 38.1 Å². The monoisotopic (exact) mass is 593 g/mol. The molecule has 1 aliphatic rings. The summed E-state index contributed by atoms with van der Waals surface area (Å²) in [5, 5.41) is 3.14. The Labute approximate surface area is 238 Å². The van der Waals surface area contributed by atoms with Crippen LogP contribution in [0.25, 0.3) is 11.2 Å². The van der Waals surface area contributed by atoms with Crippen LogP contribution in [0.5, 0.6) is 0 Å². The molecule has 1 fully saturated rings. The second-order valence-corrected chi connectivity index (χ2v) is 14.6.